The van der Waals surface area contributed by atoms with E-state index in [2.05, 4.69) is 67.9 Å². The molecule has 0 heterocycles. The van der Waals surface area contributed by atoms with E-state index in [0.29, 0.717) is 29.6 Å². The number of hydrogen-bond acceptors (Lipinski definition) is 2. The molecule has 0 saturated heterocycles. The molecule has 0 unspecified atom stereocenters. The minimum Gasteiger partial charge on any atom is -0.355 e. The highest BCUT2D eigenvalue weighted by atomic mass is 16.2. The van der Waals surface area contributed by atoms with E-state index in [1.165, 1.54) is 11.1 Å². The number of anilines is 1. The molecule has 4 N–H and O–H groups in total. The smallest absolute Gasteiger partial charge is 0.279 e. The van der Waals surface area contributed by atoms with E-state index in [4.69, 9.17) is 0 Å². The molecule has 0 aliphatic heterocycles. The molecule has 2 amide bonds. The number of nitrogens with one attached hydrogen (secondary N) is 2. The number of nitrogens with two attached hydrogens (primary N) is 1. The quantitative estimate of drug-likeness (QED) is 0.656. The van der Waals surface area contributed by atoms with Gasteiger partial charge in [0.1, 0.15) is 6.04 Å². The standard InChI is InChI=1S/C23H31N3O2/c1-15(2)17-6-8-18(9-7-17)22(16(3)4)25-14-21(27)26-20-12-10-19(11-13-20)23(28)24-5/h6-13,15-16,22,25H,14H2,1-5H3,(H,24,28)(H,26,27)/p+1/t22-/m0/s1. The maximum atomic E-state index is 12.4. The van der Waals surface area contributed by atoms with E-state index in [9.17, 15) is 9.59 Å². The van der Waals surface area contributed by atoms with Crippen molar-refractivity contribution in [3.63, 3.8) is 0 Å². The maximum absolute atomic E-state index is 12.4. The first-order valence-corrected chi connectivity index (χ1v) is 9.87. The average Bonchev–Trinajstić information content (AvgIpc) is 2.68. The Morgan fingerprint density at radius 3 is 1.96 bits per heavy atom. The Labute approximate surface area is 167 Å². The third-order valence-electron chi connectivity index (χ3n) is 4.92. The summed E-state index contributed by atoms with van der Waals surface area (Å²) in [6.07, 6.45) is 0. The van der Waals surface area contributed by atoms with Gasteiger partial charge in [-0.2, -0.15) is 0 Å². The van der Waals surface area contributed by atoms with Crippen molar-refractivity contribution >= 4 is 17.5 Å². The lowest BCUT2D eigenvalue weighted by Gasteiger charge is -2.20. The van der Waals surface area contributed by atoms with Crippen LogP contribution in [0.4, 0.5) is 5.69 Å². The summed E-state index contributed by atoms with van der Waals surface area (Å²) in [6.45, 7) is 9.06. The molecule has 0 radical (unpaired) electrons. The van der Waals surface area contributed by atoms with Crippen molar-refractivity contribution in [2.45, 2.75) is 39.7 Å². The van der Waals surface area contributed by atoms with Crippen molar-refractivity contribution in [3.8, 4) is 0 Å². The Kier molecular flexibility index (Phi) is 7.76. The van der Waals surface area contributed by atoms with Gasteiger partial charge in [0, 0.05) is 29.8 Å². The van der Waals surface area contributed by atoms with Crippen molar-refractivity contribution in [2.75, 3.05) is 18.9 Å². The van der Waals surface area contributed by atoms with Gasteiger partial charge in [-0.1, -0.05) is 52.0 Å². The molecule has 150 valence electrons. The van der Waals surface area contributed by atoms with E-state index < -0.39 is 0 Å². The summed E-state index contributed by atoms with van der Waals surface area (Å²) in [4.78, 5) is 23.9. The van der Waals surface area contributed by atoms with Crippen LogP contribution in [0.25, 0.3) is 0 Å². The molecule has 0 aromatic heterocycles. The zero-order valence-corrected chi connectivity index (χ0v) is 17.5. The lowest BCUT2D eigenvalue weighted by molar-refractivity contribution is -0.692. The zero-order valence-electron chi connectivity index (χ0n) is 17.5. The molecule has 0 bridgehead atoms. The molecule has 1 atom stereocenters. The van der Waals surface area contributed by atoms with Crippen molar-refractivity contribution < 1.29 is 14.9 Å². The van der Waals surface area contributed by atoms with Crippen LogP contribution in [0, 0.1) is 5.92 Å². The molecule has 2 rings (SSSR count). The van der Waals surface area contributed by atoms with Gasteiger partial charge < -0.3 is 16.0 Å². The van der Waals surface area contributed by atoms with E-state index in [0.717, 1.165) is 0 Å². The number of rotatable bonds is 8. The predicted molar refractivity (Wildman–Crippen MR) is 113 cm³/mol. The normalized spacial score (nSPS) is 12.1. The summed E-state index contributed by atoms with van der Waals surface area (Å²) in [5, 5.41) is 7.56. The molecule has 2 aromatic rings. The number of amides is 2. The first-order chi connectivity index (χ1) is 13.3. The third-order valence-corrected chi connectivity index (χ3v) is 4.92. The molecular weight excluding hydrogens is 350 g/mol. The predicted octanol–water partition coefficient (Wildman–Crippen LogP) is 3.07. The molecule has 2 aromatic carbocycles. The van der Waals surface area contributed by atoms with E-state index >= 15 is 0 Å². The molecule has 0 saturated carbocycles. The van der Waals surface area contributed by atoms with Crippen LogP contribution in [0.3, 0.4) is 0 Å². The van der Waals surface area contributed by atoms with Crippen LogP contribution in [0.2, 0.25) is 0 Å². The topological polar surface area (TPSA) is 74.8 Å². The molecule has 0 spiro atoms. The monoisotopic (exact) mass is 382 g/mol. The first kappa shape index (κ1) is 21.6. The summed E-state index contributed by atoms with van der Waals surface area (Å²) in [5.41, 5.74) is 3.82. The Bertz CT molecular complexity index is 780. The Hall–Kier alpha value is -2.66. The van der Waals surface area contributed by atoms with Gasteiger partial charge in [-0.05, 0) is 35.7 Å². The summed E-state index contributed by atoms with van der Waals surface area (Å²) in [5.74, 6) is 0.715. The van der Waals surface area contributed by atoms with Gasteiger partial charge in [0.15, 0.2) is 6.54 Å². The Morgan fingerprint density at radius 1 is 0.893 bits per heavy atom. The second-order valence-corrected chi connectivity index (χ2v) is 7.74. The fourth-order valence-corrected chi connectivity index (χ4v) is 3.19. The van der Waals surface area contributed by atoms with E-state index in [-0.39, 0.29) is 17.9 Å². The van der Waals surface area contributed by atoms with Crippen LogP contribution in [-0.2, 0) is 4.79 Å². The average molecular weight is 383 g/mol. The van der Waals surface area contributed by atoms with Gasteiger partial charge in [0.05, 0.1) is 0 Å². The second kappa shape index (κ2) is 10.0. The number of hydrogen-bond donors (Lipinski definition) is 3. The van der Waals surface area contributed by atoms with Crippen LogP contribution in [-0.4, -0.2) is 25.4 Å². The second-order valence-electron chi connectivity index (χ2n) is 7.74. The molecule has 0 fully saturated rings. The van der Waals surface area contributed by atoms with Crippen LogP contribution in [0.1, 0.15) is 61.1 Å². The number of carbonyl (C=O) groups is 2. The zero-order chi connectivity index (χ0) is 20.7. The van der Waals surface area contributed by atoms with Gasteiger partial charge in [0.2, 0.25) is 0 Å². The van der Waals surface area contributed by atoms with Crippen LogP contribution in [0.5, 0.6) is 0 Å². The van der Waals surface area contributed by atoms with Crippen molar-refractivity contribution in [3.05, 3.63) is 65.2 Å². The van der Waals surface area contributed by atoms with Gasteiger partial charge in [-0.25, -0.2) is 0 Å². The van der Waals surface area contributed by atoms with Crippen molar-refractivity contribution in [2.24, 2.45) is 5.92 Å². The van der Waals surface area contributed by atoms with Crippen molar-refractivity contribution in [1.82, 2.24) is 5.32 Å². The van der Waals surface area contributed by atoms with Gasteiger partial charge in [-0.15, -0.1) is 0 Å². The number of quaternary nitrogens is 1. The Balaban J connectivity index is 1.95. The Morgan fingerprint density at radius 2 is 1.46 bits per heavy atom. The molecule has 0 aliphatic carbocycles. The highest BCUT2D eigenvalue weighted by Gasteiger charge is 2.20. The number of benzene rings is 2. The van der Waals surface area contributed by atoms with Crippen LogP contribution < -0.4 is 16.0 Å². The summed E-state index contributed by atoms with van der Waals surface area (Å²) < 4.78 is 0. The van der Waals surface area contributed by atoms with Gasteiger partial charge >= 0.3 is 0 Å². The highest BCUT2D eigenvalue weighted by Crippen LogP contribution is 2.21. The highest BCUT2D eigenvalue weighted by molar-refractivity contribution is 5.95. The molecule has 5 nitrogen and oxygen atoms in total. The lowest BCUT2D eigenvalue weighted by atomic mass is 9.93. The molecule has 5 heteroatoms. The SMILES string of the molecule is CNC(=O)c1ccc(NC(=O)C[NH2+][C@H](c2ccc(C(C)C)cc2)C(C)C)cc1. The summed E-state index contributed by atoms with van der Waals surface area (Å²) in [6, 6.07) is 15.8. The number of carbonyl (C=O) groups excluding carboxylic acids is 2. The van der Waals surface area contributed by atoms with E-state index in [1.54, 1.807) is 31.3 Å². The fourth-order valence-electron chi connectivity index (χ4n) is 3.19. The molecule has 0 aliphatic rings. The molecular formula is C23H32N3O2+. The van der Waals surface area contributed by atoms with Gasteiger partial charge in [-0.3, -0.25) is 9.59 Å². The van der Waals surface area contributed by atoms with E-state index in [1.807, 2.05) is 0 Å². The van der Waals surface area contributed by atoms with Crippen LogP contribution in [0.15, 0.2) is 48.5 Å². The lowest BCUT2D eigenvalue weighted by Crippen LogP contribution is -2.88. The first-order valence-electron chi connectivity index (χ1n) is 9.87. The minimum absolute atomic E-state index is 0.0582. The minimum atomic E-state index is -0.144. The third kappa shape index (κ3) is 5.92. The summed E-state index contributed by atoms with van der Waals surface area (Å²) >= 11 is 0. The molecule has 28 heavy (non-hydrogen) atoms. The maximum Gasteiger partial charge on any atom is 0.279 e. The largest absolute Gasteiger partial charge is 0.355 e. The van der Waals surface area contributed by atoms with Gasteiger partial charge in [0.25, 0.3) is 11.8 Å². The fraction of sp³-hybridized carbons (Fsp3) is 0.391. The van der Waals surface area contributed by atoms with Crippen molar-refractivity contribution in [1.29, 1.82) is 0 Å². The van der Waals surface area contributed by atoms with Crippen LogP contribution >= 0.6 is 0 Å². The summed E-state index contributed by atoms with van der Waals surface area (Å²) in [7, 11) is 1.59.